The number of hydrogen-bond acceptors (Lipinski definition) is 6. The van der Waals surface area contributed by atoms with Crippen molar-refractivity contribution in [3.05, 3.63) is 0 Å². The predicted octanol–water partition coefficient (Wildman–Crippen LogP) is 15.9. The summed E-state index contributed by atoms with van der Waals surface area (Å²) in [5.74, 6) is -0.0362. The smallest absolute Gasteiger partial charge is 0.306 e. The van der Waals surface area contributed by atoms with E-state index in [0.29, 0.717) is 19.3 Å². The molecule has 0 bridgehead atoms. The summed E-state index contributed by atoms with van der Waals surface area (Å²) in [6.45, 7) is 8.99. The van der Waals surface area contributed by atoms with E-state index in [0.717, 1.165) is 63.7 Å². The van der Waals surface area contributed by atoms with Gasteiger partial charge < -0.3 is 14.2 Å². The van der Waals surface area contributed by atoms with Gasteiger partial charge in [-0.05, 0) is 25.2 Å². The van der Waals surface area contributed by atoms with Crippen molar-refractivity contribution in [2.24, 2.45) is 5.92 Å². The number of hydrogen-bond donors (Lipinski definition) is 0. The van der Waals surface area contributed by atoms with Crippen molar-refractivity contribution in [1.82, 2.24) is 0 Å². The lowest BCUT2D eigenvalue weighted by atomic mass is 10.00. The molecule has 0 N–H and O–H groups in total. The van der Waals surface area contributed by atoms with Crippen molar-refractivity contribution in [2.75, 3.05) is 13.2 Å². The average Bonchev–Trinajstić information content (AvgIpc) is 3.19. The van der Waals surface area contributed by atoms with Gasteiger partial charge in [0.25, 0.3) is 0 Å². The third-order valence-electron chi connectivity index (χ3n) is 11.7. The lowest BCUT2D eigenvalue weighted by Gasteiger charge is -2.18. The Balaban J connectivity index is 4.29. The summed E-state index contributed by atoms with van der Waals surface area (Å²) in [5.41, 5.74) is 0. The largest absolute Gasteiger partial charge is 0.462 e. The van der Waals surface area contributed by atoms with Crippen LogP contribution in [0.5, 0.6) is 0 Å². The Labute approximate surface area is 348 Å². The van der Waals surface area contributed by atoms with Crippen LogP contribution in [0.2, 0.25) is 0 Å². The summed E-state index contributed by atoms with van der Waals surface area (Å²) in [6, 6.07) is 0. The minimum atomic E-state index is -0.760. The van der Waals surface area contributed by atoms with Crippen LogP contribution in [-0.4, -0.2) is 37.2 Å². The fourth-order valence-electron chi connectivity index (χ4n) is 7.48. The zero-order valence-electron chi connectivity index (χ0n) is 38.1. The topological polar surface area (TPSA) is 78.9 Å². The van der Waals surface area contributed by atoms with Crippen molar-refractivity contribution in [3.8, 4) is 0 Å². The SMILES string of the molecule is CCCCCCCCCCCCCCCCCCC(=O)OC[C@@H](COC(=O)CCCCCCCCC(C)CC)OC(=O)CCCCCCCCCCCCCC. The van der Waals surface area contributed by atoms with Gasteiger partial charge >= 0.3 is 17.9 Å². The zero-order valence-corrected chi connectivity index (χ0v) is 38.1. The van der Waals surface area contributed by atoms with Crippen LogP contribution in [0.25, 0.3) is 0 Å². The van der Waals surface area contributed by atoms with Crippen molar-refractivity contribution in [1.29, 1.82) is 0 Å². The van der Waals surface area contributed by atoms with E-state index in [1.54, 1.807) is 0 Å². The minimum absolute atomic E-state index is 0.0637. The first-order valence-corrected chi connectivity index (χ1v) is 24.9. The van der Waals surface area contributed by atoms with Gasteiger partial charge in [-0.25, -0.2) is 0 Å². The molecule has 1 unspecified atom stereocenters. The molecule has 0 aromatic carbocycles. The normalized spacial score (nSPS) is 12.4. The van der Waals surface area contributed by atoms with Crippen LogP contribution in [0.15, 0.2) is 0 Å². The highest BCUT2D eigenvalue weighted by Gasteiger charge is 2.19. The summed E-state index contributed by atoms with van der Waals surface area (Å²) in [6.07, 6.45) is 45.1. The Morgan fingerprint density at radius 2 is 0.625 bits per heavy atom. The molecule has 0 heterocycles. The number of carbonyl (C=O) groups excluding carboxylic acids is 3. The molecule has 0 aromatic rings. The molecule has 6 nitrogen and oxygen atoms in total. The van der Waals surface area contributed by atoms with Gasteiger partial charge in [0.05, 0.1) is 0 Å². The maximum atomic E-state index is 12.7. The van der Waals surface area contributed by atoms with Crippen LogP contribution >= 0.6 is 0 Å². The first-order valence-electron chi connectivity index (χ1n) is 24.9. The van der Waals surface area contributed by atoms with E-state index < -0.39 is 6.10 Å². The molecule has 0 saturated carbocycles. The molecule has 0 radical (unpaired) electrons. The van der Waals surface area contributed by atoms with Gasteiger partial charge in [-0.1, -0.05) is 240 Å². The van der Waals surface area contributed by atoms with Crippen LogP contribution in [0.3, 0.4) is 0 Å². The molecule has 2 atom stereocenters. The summed E-state index contributed by atoms with van der Waals surface area (Å²) < 4.78 is 16.8. The monoisotopic (exact) mass is 793 g/mol. The zero-order chi connectivity index (χ0) is 41.0. The Morgan fingerprint density at radius 1 is 0.357 bits per heavy atom. The Kier molecular flexibility index (Phi) is 43.2. The van der Waals surface area contributed by atoms with E-state index in [1.807, 2.05) is 0 Å². The van der Waals surface area contributed by atoms with Crippen LogP contribution in [0.4, 0.5) is 0 Å². The molecule has 0 amide bonds. The molecule has 0 spiro atoms. The van der Waals surface area contributed by atoms with Gasteiger partial charge in [0.2, 0.25) is 0 Å². The second kappa shape index (κ2) is 44.5. The molecule has 0 aliphatic rings. The number of ether oxygens (including phenoxy) is 3. The standard InChI is InChI=1S/C50H96O6/c1-5-8-10-12-14-16-18-20-21-22-23-25-26-28-33-37-41-48(51)54-44-47(45-55-49(52)42-38-34-31-30-32-36-40-46(4)7-3)56-50(53)43-39-35-29-27-24-19-17-15-13-11-9-6-2/h46-47H,5-45H2,1-4H3/t46?,47-/m0/s1. The number of unbranched alkanes of at least 4 members (excludes halogenated alkanes) is 31. The highest BCUT2D eigenvalue weighted by atomic mass is 16.6. The third-order valence-corrected chi connectivity index (χ3v) is 11.7. The van der Waals surface area contributed by atoms with Gasteiger partial charge in [0.1, 0.15) is 13.2 Å². The summed E-state index contributed by atoms with van der Waals surface area (Å²) in [4.78, 5) is 37.8. The first-order chi connectivity index (χ1) is 27.4. The maximum Gasteiger partial charge on any atom is 0.306 e. The van der Waals surface area contributed by atoms with Crippen LogP contribution in [0, 0.1) is 5.92 Å². The average molecular weight is 793 g/mol. The van der Waals surface area contributed by atoms with Gasteiger partial charge in [0.15, 0.2) is 6.10 Å². The highest BCUT2D eigenvalue weighted by molar-refractivity contribution is 5.71. The van der Waals surface area contributed by atoms with Crippen molar-refractivity contribution >= 4 is 17.9 Å². The fourth-order valence-corrected chi connectivity index (χ4v) is 7.48. The van der Waals surface area contributed by atoms with Gasteiger partial charge in [0, 0.05) is 19.3 Å². The lowest BCUT2D eigenvalue weighted by Crippen LogP contribution is -2.30. The number of rotatable bonds is 45. The van der Waals surface area contributed by atoms with Crippen molar-refractivity contribution in [2.45, 2.75) is 284 Å². The predicted molar refractivity (Wildman–Crippen MR) is 238 cm³/mol. The second-order valence-corrected chi connectivity index (χ2v) is 17.3. The van der Waals surface area contributed by atoms with Gasteiger partial charge in [-0.2, -0.15) is 0 Å². The van der Waals surface area contributed by atoms with Crippen molar-refractivity contribution in [3.63, 3.8) is 0 Å². The molecule has 0 saturated heterocycles. The molecule has 56 heavy (non-hydrogen) atoms. The van der Waals surface area contributed by atoms with E-state index >= 15 is 0 Å². The minimum Gasteiger partial charge on any atom is -0.462 e. The van der Waals surface area contributed by atoms with Crippen LogP contribution in [0.1, 0.15) is 278 Å². The molecule has 0 fully saturated rings. The van der Waals surface area contributed by atoms with Crippen LogP contribution in [-0.2, 0) is 28.6 Å². The van der Waals surface area contributed by atoms with E-state index in [2.05, 4.69) is 27.7 Å². The summed E-state index contributed by atoms with van der Waals surface area (Å²) in [7, 11) is 0. The molecule has 0 aliphatic carbocycles. The Hall–Kier alpha value is -1.59. The van der Waals surface area contributed by atoms with E-state index in [1.165, 1.54) is 173 Å². The molecule has 332 valence electrons. The Morgan fingerprint density at radius 3 is 0.929 bits per heavy atom. The third kappa shape index (κ3) is 42.0. The molecule has 0 aromatic heterocycles. The first kappa shape index (κ1) is 54.4. The van der Waals surface area contributed by atoms with E-state index in [-0.39, 0.29) is 31.1 Å². The maximum absolute atomic E-state index is 12.7. The van der Waals surface area contributed by atoms with Gasteiger partial charge in [-0.15, -0.1) is 0 Å². The van der Waals surface area contributed by atoms with E-state index in [9.17, 15) is 14.4 Å². The molecular formula is C50H96O6. The van der Waals surface area contributed by atoms with Crippen LogP contribution < -0.4 is 0 Å². The highest BCUT2D eigenvalue weighted by Crippen LogP contribution is 2.17. The second-order valence-electron chi connectivity index (χ2n) is 17.3. The number of carbonyl (C=O) groups is 3. The molecule has 0 rings (SSSR count). The van der Waals surface area contributed by atoms with Crippen molar-refractivity contribution < 1.29 is 28.6 Å². The number of esters is 3. The molecule has 0 aliphatic heterocycles. The quantitative estimate of drug-likeness (QED) is 0.0347. The molecule has 6 heteroatoms. The lowest BCUT2D eigenvalue weighted by molar-refractivity contribution is -0.167. The van der Waals surface area contributed by atoms with Gasteiger partial charge in [-0.3, -0.25) is 14.4 Å². The van der Waals surface area contributed by atoms with E-state index in [4.69, 9.17) is 14.2 Å². The summed E-state index contributed by atoms with van der Waals surface area (Å²) in [5, 5.41) is 0. The molecular weight excluding hydrogens is 697 g/mol. The summed E-state index contributed by atoms with van der Waals surface area (Å²) >= 11 is 0. The fraction of sp³-hybridized carbons (Fsp3) is 0.940. The Bertz CT molecular complexity index is 843.